The van der Waals surface area contributed by atoms with Crippen molar-refractivity contribution in [2.75, 3.05) is 0 Å². The molecule has 2 aromatic rings. The summed E-state index contributed by atoms with van der Waals surface area (Å²) in [5.41, 5.74) is 3.71. The number of aliphatic hydroxyl groups excluding tert-OH is 1. The van der Waals surface area contributed by atoms with Gasteiger partial charge >= 0.3 is 0 Å². The molecule has 1 aromatic heterocycles. The van der Waals surface area contributed by atoms with Gasteiger partial charge in [0.2, 0.25) is 10.0 Å². The molecule has 0 atom stereocenters. The molecule has 0 spiro atoms. The molecule has 0 aliphatic rings. The van der Waals surface area contributed by atoms with Crippen molar-refractivity contribution in [1.82, 2.24) is 9.71 Å². The highest BCUT2D eigenvalue weighted by Crippen LogP contribution is 2.20. The first-order valence-corrected chi connectivity index (χ1v) is 8.40. The molecule has 7 heteroatoms. The number of sulfonamides is 1. The molecular weight excluding hydrogens is 296 g/mol. The zero-order valence-electron chi connectivity index (χ0n) is 11.3. The van der Waals surface area contributed by atoms with Crippen LogP contribution in [-0.4, -0.2) is 18.5 Å². The Morgan fingerprint density at radius 3 is 2.70 bits per heavy atom. The third kappa shape index (κ3) is 3.06. The fourth-order valence-electron chi connectivity index (χ4n) is 1.86. The Hall–Kier alpha value is -1.28. The average molecular weight is 312 g/mol. The number of hydrogen-bond acceptors (Lipinski definition) is 5. The largest absolute Gasteiger partial charge is 0.392 e. The maximum Gasteiger partial charge on any atom is 0.241 e. The number of nitrogens with zero attached hydrogens (tertiary/aromatic N) is 1. The third-order valence-corrected chi connectivity index (χ3v) is 5.60. The number of aryl methyl sites for hydroxylation is 1. The Balaban J connectivity index is 2.25. The number of aromatic nitrogens is 1. The van der Waals surface area contributed by atoms with Crippen molar-refractivity contribution in [3.05, 3.63) is 45.4 Å². The molecule has 0 saturated heterocycles. The van der Waals surface area contributed by atoms with E-state index in [0.717, 1.165) is 10.6 Å². The Labute approximate surface area is 122 Å². The summed E-state index contributed by atoms with van der Waals surface area (Å²) in [5.74, 6) is 0. The van der Waals surface area contributed by atoms with Gasteiger partial charge in [0.05, 0.1) is 22.7 Å². The fraction of sp³-hybridized carbons (Fsp3) is 0.308. The van der Waals surface area contributed by atoms with Gasteiger partial charge in [-0.15, -0.1) is 11.3 Å². The predicted molar refractivity (Wildman–Crippen MR) is 78.0 cm³/mol. The van der Waals surface area contributed by atoms with Gasteiger partial charge in [-0.05, 0) is 31.0 Å². The molecule has 0 radical (unpaired) electrons. The highest BCUT2D eigenvalue weighted by Gasteiger charge is 2.18. The molecule has 1 aromatic carbocycles. The van der Waals surface area contributed by atoms with Crippen molar-refractivity contribution in [1.29, 1.82) is 0 Å². The van der Waals surface area contributed by atoms with Gasteiger partial charge < -0.3 is 5.11 Å². The van der Waals surface area contributed by atoms with Crippen LogP contribution in [0.2, 0.25) is 0 Å². The van der Waals surface area contributed by atoms with Crippen LogP contribution >= 0.6 is 11.3 Å². The van der Waals surface area contributed by atoms with Crippen molar-refractivity contribution >= 4 is 21.4 Å². The minimum Gasteiger partial charge on any atom is -0.392 e. The van der Waals surface area contributed by atoms with Gasteiger partial charge in [0.25, 0.3) is 0 Å². The standard InChI is InChI=1S/C13H16N2O3S2/c1-9-11(7-16)4-3-5-13(9)20(17,18)15-6-12-10(2)14-8-19-12/h3-5,8,15-16H,6-7H2,1-2H3. The van der Waals surface area contributed by atoms with Gasteiger partial charge in [-0.25, -0.2) is 18.1 Å². The maximum absolute atomic E-state index is 12.3. The van der Waals surface area contributed by atoms with Gasteiger partial charge in [0.1, 0.15) is 0 Å². The summed E-state index contributed by atoms with van der Waals surface area (Å²) < 4.78 is 27.2. The first kappa shape index (κ1) is 15.1. The van der Waals surface area contributed by atoms with Crippen LogP contribution in [0.25, 0.3) is 0 Å². The van der Waals surface area contributed by atoms with Crippen LogP contribution < -0.4 is 4.72 Å². The van der Waals surface area contributed by atoms with E-state index in [1.807, 2.05) is 6.92 Å². The fourth-order valence-corrected chi connectivity index (χ4v) is 3.95. The Morgan fingerprint density at radius 1 is 1.35 bits per heavy atom. The number of rotatable bonds is 5. The quantitative estimate of drug-likeness (QED) is 0.881. The van der Waals surface area contributed by atoms with Gasteiger partial charge in [0, 0.05) is 11.4 Å². The van der Waals surface area contributed by atoms with Gasteiger partial charge in [-0.2, -0.15) is 0 Å². The first-order chi connectivity index (χ1) is 9.45. The molecule has 20 heavy (non-hydrogen) atoms. The smallest absolute Gasteiger partial charge is 0.241 e. The molecule has 2 rings (SSSR count). The topological polar surface area (TPSA) is 79.3 Å². The van der Waals surface area contributed by atoms with Crippen molar-refractivity contribution in [3.63, 3.8) is 0 Å². The number of aliphatic hydroxyl groups is 1. The molecule has 0 fully saturated rings. The lowest BCUT2D eigenvalue weighted by Crippen LogP contribution is -2.24. The molecule has 5 nitrogen and oxygen atoms in total. The number of benzene rings is 1. The molecule has 0 aliphatic heterocycles. The van der Waals surface area contributed by atoms with Crippen LogP contribution in [0.4, 0.5) is 0 Å². The van der Waals surface area contributed by atoms with Crippen LogP contribution in [-0.2, 0) is 23.2 Å². The van der Waals surface area contributed by atoms with Crippen molar-refractivity contribution in [2.24, 2.45) is 0 Å². The molecule has 108 valence electrons. The maximum atomic E-state index is 12.3. The predicted octanol–water partition coefficient (Wildman–Crippen LogP) is 1.73. The van der Waals surface area contributed by atoms with Gasteiger partial charge in [-0.3, -0.25) is 0 Å². The minimum absolute atomic E-state index is 0.177. The average Bonchev–Trinajstić information content (AvgIpc) is 2.82. The second kappa shape index (κ2) is 6.01. The van der Waals surface area contributed by atoms with E-state index in [9.17, 15) is 13.5 Å². The number of nitrogens with one attached hydrogen (secondary N) is 1. The summed E-state index contributed by atoms with van der Waals surface area (Å²) in [5, 5.41) is 9.20. The lowest BCUT2D eigenvalue weighted by atomic mass is 10.1. The van der Waals surface area contributed by atoms with E-state index in [1.54, 1.807) is 24.6 Å². The van der Waals surface area contributed by atoms with E-state index in [4.69, 9.17) is 0 Å². The van der Waals surface area contributed by atoms with Crippen LogP contribution in [0.5, 0.6) is 0 Å². The summed E-state index contributed by atoms with van der Waals surface area (Å²) in [7, 11) is -3.60. The van der Waals surface area contributed by atoms with Crippen molar-refractivity contribution in [2.45, 2.75) is 31.9 Å². The lowest BCUT2D eigenvalue weighted by molar-refractivity contribution is 0.280. The van der Waals surface area contributed by atoms with Crippen LogP contribution in [0, 0.1) is 13.8 Å². The van der Waals surface area contributed by atoms with Gasteiger partial charge in [0.15, 0.2) is 0 Å². The number of hydrogen-bond donors (Lipinski definition) is 2. The molecule has 0 unspecified atom stereocenters. The van der Waals surface area contributed by atoms with E-state index in [-0.39, 0.29) is 18.0 Å². The van der Waals surface area contributed by atoms with Crippen LogP contribution in [0.1, 0.15) is 21.7 Å². The van der Waals surface area contributed by atoms with E-state index in [2.05, 4.69) is 9.71 Å². The van der Waals surface area contributed by atoms with Gasteiger partial charge in [-0.1, -0.05) is 12.1 Å². The van der Waals surface area contributed by atoms with E-state index >= 15 is 0 Å². The monoisotopic (exact) mass is 312 g/mol. The number of thiazole rings is 1. The third-order valence-electron chi connectivity index (χ3n) is 3.12. The second-order valence-electron chi connectivity index (χ2n) is 4.38. The second-order valence-corrected chi connectivity index (χ2v) is 7.06. The Bertz CT molecular complexity index is 708. The SMILES string of the molecule is Cc1ncsc1CNS(=O)(=O)c1cccc(CO)c1C. The summed E-state index contributed by atoms with van der Waals surface area (Å²) in [6, 6.07) is 4.88. The van der Waals surface area contributed by atoms with Crippen molar-refractivity contribution in [3.8, 4) is 0 Å². The minimum atomic E-state index is -3.60. The van der Waals surface area contributed by atoms with E-state index in [0.29, 0.717) is 11.1 Å². The van der Waals surface area contributed by atoms with E-state index < -0.39 is 10.0 Å². The highest BCUT2D eigenvalue weighted by atomic mass is 32.2. The highest BCUT2D eigenvalue weighted by molar-refractivity contribution is 7.89. The summed E-state index contributed by atoms with van der Waals surface area (Å²) in [6.07, 6.45) is 0. The summed E-state index contributed by atoms with van der Waals surface area (Å²) in [4.78, 5) is 5.18. The summed E-state index contributed by atoms with van der Waals surface area (Å²) >= 11 is 1.42. The van der Waals surface area contributed by atoms with Crippen LogP contribution in [0.15, 0.2) is 28.6 Å². The summed E-state index contributed by atoms with van der Waals surface area (Å²) in [6.45, 7) is 3.58. The van der Waals surface area contributed by atoms with E-state index in [1.165, 1.54) is 17.4 Å². The Kier molecular flexibility index (Phi) is 4.54. The normalized spacial score (nSPS) is 11.8. The molecular formula is C13H16N2O3S2. The van der Waals surface area contributed by atoms with Crippen molar-refractivity contribution < 1.29 is 13.5 Å². The van der Waals surface area contributed by atoms with Crippen LogP contribution in [0.3, 0.4) is 0 Å². The first-order valence-electron chi connectivity index (χ1n) is 6.03. The Morgan fingerprint density at radius 2 is 2.10 bits per heavy atom. The molecule has 0 amide bonds. The zero-order valence-corrected chi connectivity index (χ0v) is 12.9. The molecule has 0 saturated carbocycles. The molecule has 2 N–H and O–H groups in total. The molecule has 1 heterocycles. The molecule has 0 aliphatic carbocycles. The lowest BCUT2D eigenvalue weighted by Gasteiger charge is -2.11. The zero-order chi connectivity index (χ0) is 14.8. The molecule has 0 bridgehead atoms.